The number of nitrogens with zero attached hydrogens (tertiary/aromatic N) is 3. The van der Waals surface area contributed by atoms with E-state index in [1.807, 2.05) is 19.0 Å². The van der Waals surface area contributed by atoms with Crippen molar-refractivity contribution in [1.29, 1.82) is 0 Å². The van der Waals surface area contributed by atoms with Gasteiger partial charge in [-0.25, -0.2) is 4.39 Å². The van der Waals surface area contributed by atoms with E-state index >= 15 is 4.39 Å². The maximum absolute atomic E-state index is 15.3. The van der Waals surface area contributed by atoms with Crippen LogP contribution in [-0.4, -0.2) is 93.8 Å². The van der Waals surface area contributed by atoms with E-state index in [1.54, 1.807) is 0 Å². The number of benzene rings is 1. The second-order valence-corrected chi connectivity index (χ2v) is 9.66. The highest BCUT2D eigenvalue weighted by Crippen LogP contribution is 2.36. The Kier molecular flexibility index (Phi) is 8.71. The van der Waals surface area contributed by atoms with E-state index in [4.69, 9.17) is 4.74 Å². The molecule has 3 N–H and O–H groups in total. The number of likely N-dealkylation sites (N-methyl/N-ethyl adjacent to an activating group) is 1. The van der Waals surface area contributed by atoms with Crippen LogP contribution in [0.4, 0.5) is 28.9 Å². The van der Waals surface area contributed by atoms with Crippen molar-refractivity contribution >= 4 is 17.3 Å². The lowest BCUT2D eigenvalue weighted by molar-refractivity contribution is -0.138. The topological polar surface area (TPSA) is 92.9 Å². The first-order chi connectivity index (χ1) is 18.0. The number of aromatic nitrogens is 1. The molecule has 38 heavy (non-hydrogen) atoms. The molecule has 2 aliphatic heterocycles. The Labute approximate surface area is 217 Å². The molecule has 0 aliphatic carbocycles. The number of nitrogens with one attached hydrogen (secondary N) is 3. The molecule has 2 fully saturated rings. The number of pyridine rings is 1. The Morgan fingerprint density at radius 3 is 2.55 bits per heavy atom. The molecule has 1 aromatic heterocycles. The van der Waals surface area contributed by atoms with Crippen molar-refractivity contribution < 1.29 is 27.1 Å². The van der Waals surface area contributed by atoms with Gasteiger partial charge in [0.1, 0.15) is 5.82 Å². The van der Waals surface area contributed by atoms with E-state index in [0.717, 1.165) is 19.3 Å². The monoisotopic (exact) mass is 540 g/mol. The summed E-state index contributed by atoms with van der Waals surface area (Å²) in [6, 6.07) is 3.08. The van der Waals surface area contributed by atoms with Gasteiger partial charge in [-0.1, -0.05) is 0 Å². The van der Waals surface area contributed by atoms with E-state index in [0.29, 0.717) is 57.6 Å². The first-order valence-electron chi connectivity index (χ1n) is 12.4. The van der Waals surface area contributed by atoms with Crippen LogP contribution < -0.4 is 21.1 Å². The van der Waals surface area contributed by atoms with Crippen molar-refractivity contribution in [3.05, 3.63) is 57.3 Å². The standard InChI is InChI=1S/C25H32F4N6O3/c1-33(2)4-5-34-6-8-35(9-7-34)21-13-19(26)16(22-15-30-3-10-38-22)11-20(21)32-24(37)17-14-31-23(36)12-18(17)25(27,28)29/h11-14,22,30H,3-10,15H2,1-2H3,(H,31,36)(H,32,37). The molecule has 2 aliphatic rings. The third-order valence-electron chi connectivity index (χ3n) is 6.69. The van der Waals surface area contributed by atoms with Crippen molar-refractivity contribution in [2.45, 2.75) is 12.3 Å². The SMILES string of the molecule is CN(C)CCN1CCN(c2cc(F)c(C3CNCCO3)cc2NC(=O)c2c[nH]c(=O)cc2C(F)(F)F)CC1. The number of aromatic amines is 1. The average Bonchev–Trinajstić information content (AvgIpc) is 2.88. The number of morpholine rings is 1. The Morgan fingerprint density at radius 1 is 1.18 bits per heavy atom. The molecule has 1 aromatic carbocycles. The van der Waals surface area contributed by atoms with Crippen LogP contribution in [0.5, 0.6) is 0 Å². The van der Waals surface area contributed by atoms with Crippen LogP contribution in [0.3, 0.4) is 0 Å². The molecule has 0 spiro atoms. The van der Waals surface area contributed by atoms with Crippen molar-refractivity contribution in [3.63, 3.8) is 0 Å². The third-order valence-corrected chi connectivity index (χ3v) is 6.69. The van der Waals surface area contributed by atoms with Gasteiger partial charge in [0.15, 0.2) is 0 Å². The van der Waals surface area contributed by atoms with E-state index in [2.05, 4.69) is 25.4 Å². The molecule has 3 heterocycles. The van der Waals surface area contributed by atoms with Gasteiger partial charge in [-0.3, -0.25) is 14.5 Å². The molecule has 13 heteroatoms. The lowest BCUT2D eigenvalue weighted by Gasteiger charge is -2.37. The Bertz CT molecular complexity index is 1190. The second kappa shape index (κ2) is 11.8. The van der Waals surface area contributed by atoms with Gasteiger partial charge < -0.3 is 30.2 Å². The summed E-state index contributed by atoms with van der Waals surface area (Å²) in [5.74, 6) is -1.60. The number of H-pyrrole nitrogens is 1. The smallest absolute Gasteiger partial charge is 0.371 e. The van der Waals surface area contributed by atoms with E-state index < -0.39 is 40.7 Å². The molecule has 1 atom stereocenters. The summed E-state index contributed by atoms with van der Waals surface area (Å²) < 4.78 is 61.8. The summed E-state index contributed by atoms with van der Waals surface area (Å²) >= 11 is 0. The summed E-state index contributed by atoms with van der Waals surface area (Å²) in [6.45, 7) is 5.60. The molecular weight excluding hydrogens is 508 g/mol. The highest BCUT2D eigenvalue weighted by atomic mass is 19.4. The van der Waals surface area contributed by atoms with Crippen LogP contribution in [0.2, 0.25) is 0 Å². The Hall–Kier alpha value is -3.00. The maximum atomic E-state index is 15.3. The second-order valence-electron chi connectivity index (χ2n) is 9.66. The molecule has 0 radical (unpaired) electrons. The number of carbonyl (C=O) groups excluding carboxylic acids is 1. The lowest BCUT2D eigenvalue weighted by atomic mass is 10.0. The Balaban J connectivity index is 1.65. The molecule has 0 bridgehead atoms. The molecular formula is C25H32F4N6O3. The minimum Gasteiger partial charge on any atom is -0.371 e. The third kappa shape index (κ3) is 6.70. The number of amides is 1. The molecule has 2 aromatic rings. The maximum Gasteiger partial charge on any atom is 0.417 e. The lowest BCUT2D eigenvalue weighted by Crippen LogP contribution is -2.48. The average molecular weight is 541 g/mol. The van der Waals surface area contributed by atoms with Gasteiger partial charge >= 0.3 is 6.18 Å². The minimum atomic E-state index is -4.91. The highest BCUT2D eigenvalue weighted by molar-refractivity contribution is 6.07. The summed E-state index contributed by atoms with van der Waals surface area (Å²) in [5.41, 5.74) is -2.34. The van der Waals surface area contributed by atoms with Crippen molar-refractivity contribution in [1.82, 2.24) is 20.1 Å². The van der Waals surface area contributed by atoms with Crippen LogP contribution in [0.1, 0.15) is 27.6 Å². The quantitative estimate of drug-likeness (QED) is 0.464. The van der Waals surface area contributed by atoms with Crippen molar-refractivity contribution in [2.75, 3.05) is 83.3 Å². The predicted molar refractivity (Wildman–Crippen MR) is 135 cm³/mol. The fourth-order valence-electron chi connectivity index (χ4n) is 4.59. The zero-order valence-corrected chi connectivity index (χ0v) is 21.3. The molecule has 4 rings (SSSR count). The van der Waals surface area contributed by atoms with Crippen LogP contribution in [0.15, 0.2) is 29.2 Å². The number of piperazine rings is 1. The summed E-state index contributed by atoms with van der Waals surface area (Å²) in [7, 11) is 3.99. The molecule has 1 amide bonds. The summed E-state index contributed by atoms with van der Waals surface area (Å²) in [5, 5.41) is 5.67. The number of rotatable bonds is 7. The van der Waals surface area contributed by atoms with Gasteiger partial charge in [0.05, 0.1) is 35.2 Å². The first-order valence-corrected chi connectivity index (χ1v) is 12.4. The highest BCUT2D eigenvalue weighted by Gasteiger charge is 2.36. The predicted octanol–water partition coefficient (Wildman–Crippen LogP) is 2.13. The van der Waals surface area contributed by atoms with Gasteiger partial charge in [-0.15, -0.1) is 0 Å². The summed E-state index contributed by atoms with van der Waals surface area (Å²) in [4.78, 5) is 33.0. The molecule has 0 saturated carbocycles. The van der Waals surface area contributed by atoms with Crippen molar-refractivity contribution in [3.8, 4) is 0 Å². The van der Waals surface area contributed by atoms with Crippen LogP contribution in [0, 0.1) is 5.82 Å². The number of hydrogen-bond donors (Lipinski definition) is 3. The fourth-order valence-corrected chi connectivity index (χ4v) is 4.59. The molecule has 9 nitrogen and oxygen atoms in total. The Morgan fingerprint density at radius 2 is 1.92 bits per heavy atom. The molecule has 2 saturated heterocycles. The summed E-state index contributed by atoms with van der Waals surface area (Å²) in [6.07, 6.45) is -4.79. The van der Waals surface area contributed by atoms with E-state index in [-0.39, 0.29) is 11.3 Å². The van der Waals surface area contributed by atoms with Gasteiger partial charge in [-0.2, -0.15) is 13.2 Å². The van der Waals surface area contributed by atoms with Gasteiger partial charge in [0.2, 0.25) is 5.56 Å². The van der Waals surface area contributed by atoms with Crippen molar-refractivity contribution in [2.24, 2.45) is 0 Å². The van der Waals surface area contributed by atoms with E-state index in [1.165, 1.54) is 12.1 Å². The largest absolute Gasteiger partial charge is 0.417 e. The fraction of sp³-hybridized carbons (Fsp3) is 0.520. The van der Waals surface area contributed by atoms with Crippen LogP contribution >= 0.6 is 0 Å². The number of alkyl halides is 3. The normalized spacial score (nSPS) is 19.1. The van der Waals surface area contributed by atoms with Crippen LogP contribution in [0.25, 0.3) is 0 Å². The van der Waals surface area contributed by atoms with Crippen LogP contribution in [-0.2, 0) is 10.9 Å². The zero-order chi connectivity index (χ0) is 27.4. The first kappa shape index (κ1) is 28.0. The number of halogens is 4. The van der Waals surface area contributed by atoms with E-state index in [9.17, 15) is 22.8 Å². The molecule has 208 valence electrons. The van der Waals surface area contributed by atoms with Gasteiger partial charge in [0.25, 0.3) is 5.91 Å². The number of ether oxygens (including phenoxy) is 1. The number of hydrogen-bond acceptors (Lipinski definition) is 7. The van der Waals surface area contributed by atoms with Gasteiger partial charge in [0, 0.05) is 70.2 Å². The van der Waals surface area contributed by atoms with Gasteiger partial charge in [-0.05, 0) is 26.2 Å². The minimum absolute atomic E-state index is 0.168. The number of anilines is 2. The number of carbonyl (C=O) groups is 1. The zero-order valence-electron chi connectivity index (χ0n) is 21.3. The molecule has 1 unspecified atom stereocenters.